The average molecular weight is 454 g/mol. The van der Waals surface area contributed by atoms with Gasteiger partial charge >= 0.3 is 21.1 Å². The van der Waals surface area contributed by atoms with Crippen LogP contribution < -0.4 is 20.4 Å². The van der Waals surface area contributed by atoms with Gasteiger partial charge in [0.2, 0.25) is 0 Å². The molecule has 6 nitrogen and oxygen atoms in total. The van der Waals surface area contributed by atoms with Gasteiger partial charge in [-0.2, -0.15) is 0 Å². The SMILES string of the molecule is CC[O-].CC[O-].CC[O-].CC[O-].COCCOC.[W+4]. The van der Waals surface area contributed by atoms with E-state index in [-0.39, 0.29) is 47.5 Å². The van der Waals surface area contributed by atoms with E-state index >= 15 is 0 Å². The van der Waals surface area contributed by atoms with Crippen LogP contribution in [0.4, 0.5) is 0 Å². The molecule has 0 heterocycles. The van der Waals surface area contributed by atoms with E-state index in [2.05, 4.69) is 9.47 Å². The van der Waals surface area contributed by atoms with Crippen LogP contribution >= 0.6 is 0 Å². The van der Waals surface area contributed by atoms with E-state index in [1.807, 2.05) is 0 Å². The maximum Gasteiger partial charge on any atom is 4.00 e. The fourth-order valence-electron chi connectivity index (χ4n) is 0.167. The smallest absolute Gasteiger partial charge is 0.855 e. The molecule has 0 saturated carbocycles. The quantitative estimate of drug-likeness (QED) is 0.446. The Hall–Kier alpha value is 0.448. The number of ether oxygens (including phenoxy) is 2. The van der Waals surface area contributed by atoms with Crippen LogP contribution in [0.15, 0.2) is 0 Å². The van der Waals surface area contributed by atoms with Crippen molar-refractivity contribution in [1.29, 1.82) is 0 Å². The number of hydrogen-bond acceptors (Lipinski definition) is 6. The minimum atomic E-state index is 0. The molecule has 0 aromatic carbocycles. The molecule has 0 spiro atoms. The van der Waals surface area contributed by atoms with Crippen molar-refractivity contribution in [3.8, 4) is 0 Å². The van der Waals surface area contributed by atoms with Crippen LogP contribution in [0.25, 0.3) is 0 Å². The summed E-state index contributed by atoms with van der Waals surface area (Å²) in [5.74, 6) is 0. The van der Waals surface area contributed by atoms with Crippen molar-refractivity contribution >= 4 is 0 Å². The first-order valence-electron chi connectivity index (χ1n) is 5.88. The zero-order chi connectivity index (χ0) is 15.7. The van der Waals surface area contributed by atoms with Crippen LogP contribution in [-0.4, -0.2) is 53.9 Å². The molecule has 0 bridgehead atoms. The largest absolute Gasteiger partial charge is 4.00 e. The minimum absolute atomic E-state index is 0. The summed E-state index contributed by atoms with van der Waals surface area (Å²) >= 11 is 0. The normalized spacial score (nSPS) is 6.63. The van der Waals surface area contributed by atoms with Crippen LogP contribution in [0.2, 0.25) is 0 Å². The first-order valence-corrected chi connectivity index (χ1v) is 5.88. The molecule has 0 amide bonds. The number of hydrogen-bond donors (Lipinski definition) is 0. The van der Waals surface area contributed by atoms with Crippen LogP contribution in [0, 0.1) is 0 Å². The summed E-state index contributed by atoms with van der Waals surface area (Å²) in [5, 5.41) is 35.7. The van der Waals surface area contributed by atoms with Gasteiger partial charge in [-0.3, -0.25) is 0 Å². The molecular weight excluding hydrogens is 424 g/mol. The van der Waals surface area contributed by atoms with E-state index in [1.54, 1.807) is 41.9 Å². The topological polar surface area (TPSA) is 111 Å². The Morgan fingerprint density at radius 1 is 0.579 bits per heavy atom. The minimum Gasteiger partial charge on any atom is -0.855 e. The van der Waals surface area contributed by atoms with E-state index in [9.17, 15) is 0 Å². The Morgan fingerprint density at radius 2 is 0.684 bits per heavy atom. The van der Waals surface area contributed by atoms with Gasteiger partial charge in [0.1, 0.15) is 0 Å². The van der Waals surface area contributed by atoms with Gasteiger partial charge in [-0.1, -0.05) is 27.7 Å². The molecule has 120 valence electrons. The molecule has 0 fully saturated rings. The molecule has 0 unspecified atom stereocenters. The Bertz CT molecular complexity index is 58.2. The maximum atomic E-state index is 8.93. The predicted octanol–water partition coefficient (Wildman–Crippen LogP) is -2.26. The molecule has 0 aromatic heterocycles. The summed E-state index contributed by atoms with van der Waals surface area (Å²) in [5.41, 5.74) is 0. The molecule has 0 aliphatic rings. The fraction of sp³-hybridized carbons (Fsp3) is 1.00. The molecular formula is C12H30O6W. The third-order valence-corrected chi connectivity index (χ3v) is 0.492. The van der Waals surface area contributed by atoms with Gasteiger partial charge in [0, 0.05) is 14.2 Å². The zero-order valence-electron chi connectivity index (χ0n) is 13.1. The average Bonchev–Trinajstić information content (AvgIpc) is 2.30. The number of rotatable bonds is 3. The van der Waals surface area contributed by atoms with Crippen molar-refractivity contribution in [3.05, 3.63) is 0 Å². The first-order chi connectivity index (χ1) is 8.57. The van der Waals surface area contributed by atoms with Crippen molar-refractivity contribution in [2.24, 2.45) is 0 Å². The molecule has 0 aliphatic heterocycles. The van der Waals surface area contributed by atoms with Crippen molar-refractivity contribution in [3.63, 3.8) is 0 Å². The molecule has 7 heteroatoms. The molecule has 0 atom stereocenters. The molecule has 0 saturated heterocycles. The second-order valence-electron chi connectivity index (χ2n) is 2.14. The van der Waals surface area contributed by atoms with Crippen molar-refractivity contribution in [2.45, 2.75) is 27.7 Å². The van der Waals surface area contributed by atoms with Gasteiger partial charge in [0.05, 0.1) is 13.2 Å². The predicted molar refractivity (Wildman–Crippen MR) is 65.9 cm³/mol. The standard InChI is InChI=1S/C4H10O2.4C2H5O.W/c1-5-3-4-6-2;4*1-2-3;/h3-4H2,1-2H3;4*2H2,1H3;/q;4*-1;+4. The van der Waals surface area contributed by atoms with E-state index in [0.717, 1.165) is 0 Å². The maximum absolute atomic E-state index is 8.93. The number of methoxy groups -OCH3 is 2. The summed E-state index contributed by atoms with van der Waals surface area (Å²) in [6.07, 6.45) is 0. The van der Waals surface area contributed by atoms with Crippen LogP contribution in [-0.2, 0) is 30.5 Å². The zero-order valence-corrected chi connectivity index (χ0v) is 16.0. The monoisotopic (exact) mass is 454 g/mol. The van der Waals surface area contributed by atoms with E-state index < -0.39 is 0 Å². The van der Waals surface area contributed by atoms with Crippen LogP contribution in [0.5, 0.6) is 0 Å². The molecule has 0 aliphatic carbocycles. The Morgan fingerprint density at radius 3 is 0.737 bits per heavy atom. The summed E-state index contributed by atoms with van der Waals surface area (Å²) < 4.78 is 9.31. The fourth-order valence-corrected chi connectivity index (χ4v) is 0.167. The third kappa shape index (κ3) is 420. The summed E-state index contributed by atoms with van der Waals surface area (Å²) in [6.45, 7) is 7.66. The molecule has 0 N–H and O–H groups in total. The van der Waals surface area contributed by atoms with Gasteiger partial charge in [-0.25, -0.2) is 0 Å². The second-order valence-corrected chi connectivity index (χ2v) is 2.14. The Kier molecular flexibility index (Phi) is 152. The van der Waals surface area contributed by atoms with Gasteiger partial charge in [-0.05, 0) is 0 Å². The molecule has 0 aromatic rings. The van der Waals surface area contributed by atoms with E-state index in [0.29, 0.717) is 13.2 Å². The molecule has 0 rings (SSSR count). The van der Waals surface area contributed by atoms with Gasteiger partial charge in [0.15, 0.2) is 0 Å². The van der Waals surface area contributed by atoms with Crippen LogP contribution in [0.3, 0.4) is 0 Å². The second kappa shape index (κ2) is 78.7. The first kappa shape index (κ1) is 36.6. The molecule has 19 heavy (non-hydrogen) atoms. The Labute approximate surface area is 133 Å². The summed E-state index contributed by atoms with van der Waals surface area (Å²) in [6, 6.07) is 0. The third-order valence-electron chi connectivity index (χ3n) is 0.492. The van der Waals surface area contributed by atoms with Crippen molar-refractivity contribution in [1.82, 2.24) is 0 Å². The van der Waals surface area contributed by atoms with Crippen molar-refractivity contribution < 1.29 is 51.0 Å². The molecule has 0 radical (unpaired) electrons. The van der Waals surface area contributed by atoms with Gasteiger partial charge < -0.3 is 29.9 Å². The van der Waals surface area contributed by atoms with Gasteiger partial charge in [0.25, 0.3) is 0 Å². The summed E-state index contributed by atoms with van der Waals surface area (Å²) in [7, 11) is 3.30. The summed E-state index contributed by atoms with van der Waals surface area (Å²) in [4.78, 5) is 0. The van der Waals surface area contributed by atoms with E-state index in [4.69, 9.17) is 20.4 Å². The van der Waals surface area contributed by atoms with Crippen molar-refractivity contribution in [2.75, 3.05) is 53.9 Å². The van der Waals surface area contributed by atoms with E-state index in [1.165, 1.54) is 0 Å². The Balaban J connectivity index is -0.0000000287. The van der Waals surface area contributed by atoms with Crippen LogP contribution in [0.1, 0.15) is 27.7 Å². The van der Waals surface area contributed by atoms with Gasteiger partial charge in [-0.15, -0.1) is 26.4 Å².